The van der Waals surface area contributed by atoms with E-state index >= 15 is 0 Å². The average molecular weight is 525 g/mol. The molecule has 2 aromatic carbocycles. The molecule has 4 aromatic rings. The van der Waals surface area contributed by atoms with Gasteiger partial charge < -0.3 is 19.9 Å². The average Bonchev–Trinajstić information content (AvgIpc) is 2.97. The molecular weight excluding hydrogens is 488 g/mol. The molecule has 1 saturated heterocycles. The maximum atomic E-state index is 12.2. The van der Waals surface area contributed by atoms with E-state index in [2.05, 4.69) is 74.8 Å². The Morgan fingerprint density at radius 3 is 2.28 bits per heavy atom. The number of nitrogens with one attached hydrogen (secondary N) is 1. The second-order valence-corrected chi connectivity index (χ2v) is 10.5. The minimum Gasteiger partial charge on any atom is -0.384 e. The van der Waals surface area contributed by atoms with E-state index in [0.29, 0.717) is 13.0 Å². The minimum atomic E-state index is -0.512. The van der Waals surface area contributed by atoms with Gasteiger partial charge >= 0.3 is 0 Å². The smallest absolute Gasteiger partial charge is 0.222 e. The maximum absolute atomic E-state index is 12.2. The van der Waals surface area contributed by atoms with Gasteiger partial charge in [-0.1, -0.05) is 60.7 Å². The molecule has 0 aliphatic carbocycles. The molecule has 0 bridgehead atoms. The van der Waals surface area contributed by atoms with Gasteiger partial charge in [-0.25, -0.2) is 4.98 Å². The lowest BCUT2D eigenvalue weighted by Crippen LogP contribution is -2.47. The lowest BCUT2D eigenvalue weighted by molar-refractivity contribution is -0.123. The number of pyridine rings is 1. The third-order valence-electron chi connectivity index (χ3n) is 7.32. The summed E-state index contributed by atoms with van der Waals surface area (Å²) in [5, 5.41) is 14.7. The van der Waals surface area contributed by atoms with Gasteiger partial charge in [0.15, 0.2) is 5.82 Å². The van der Waals surface area contributed by atoms with Crippen molar-refractivity contribution < 1.29 is 9.53 Å². The highest BCUT2D eigenvalue weighted by Gasteiger charge is 2.25. The predicted octanol–water partition coefficient (Wildman–Crippen LogP) is 4.33. The molecule has 0 atom stereocenters. The monoisotopic (exact) mass is 524 g/mol. The second-order valence-electron chi connectivity index (χ2n) is 10.5. The number of benzene rings is 2. The molecule has 1 aliphatic rings. The number of nitrogens with zero attached hydrogens (tertiary/aromatic N) is 5. The van der Waals surface area contributed by atoms with Crippen molar-refractivity contribution in [2.24, 2.45) is 0 Å². The fourth-order valence-electron chi connectivity index (χ4n) is 5.07. The van der Waals surface area contributed by atoms with Gasteiger partial charge in [-0.3, -0.25) is 4.79 Å². The number of fused-ring (bicyclic) bond motifs is 1. The van der Waals surface area contributed by atoms with Crippen molar-refractivity contribution in [2.75, 3.05) is 49.7 Å². The van der Waals surface area contributed by atoms with E-state index in [9.17, 15) is 4.79 Å². The van der Waals surface area contributed by atoms with Crippen LogP contribution < -0.4 is 15.1 Å². The highest BCUT2D eigenvalue weighted by molar-refractivity contribution is 5.93. The van der Waals surface area contributed by atoms with Crippen molar-refractivity contribution in [2.45, 2.75) is 32.2 Å². The summed E-state index contributed by atoms with van der Waals surface area (Å²) in [6, 6.07) is 22.9. The van der Waals surface area contributed by atoms with Crippen molar-refractivity contribution in [3.8, 4) is 0 Å². The van der Waals surface area contributed by atoms with Crippen molar-refractivity contribution in [3.63, 3.8) is 0 Å². The van der Waals surface area contributed by atoms with Gasteiger partial charge in [0.1, 0.15) is 5.82 Å². The standard InChI is InChI=1S/C31H36N6O2/c1-31(2,33-29(38)15-20-39-3)24-13-14-28(32-22-24)36-16-18-37(19-17-36)30-26-12-8-7-11-25(26)27(34-35-30)21-23-9-5-4-6-10-23/h4-14,22H,15-21H2,1-3H3,(H,33,38). The largest absolute Gasteiger partial charge is 0.384 e. The fraction of sp³-hybridized carbons (Fsp3) is 0.355. The van der Waals surface area contributed by atoms with E-state index in [1.807, 2.05) is 32.2 Å². The van der Waals surface area contributed by atoms with Crippen molar-refractivity contribution in [3.05, 3.63) is 89.7 Å². The van der Waals surface area contributed by atoms with Gasteiger partial charge in [-0.05, 0) is 31.0 Å². The molecule has 1 N–H and O–H groups in total. The summed E-state index contributed by atoms with van der Waals surface area (Å²) >= 11 is 0. The minimum absolute atomic E-state index is 0.0363. The third kappa shape index (κ3) is 6.17. The first-order valence-corrected chi connectivity index (χ1v) is 13.5. The number of methoxy groups -OCH3 is 1. The van der Waals surface area contributed by atoms with E-state index in [0.717, 1.165) is 66.3 Å². The molecule has 202 valence electrons. The van der Waals surface area contributed by atoms with E-state index in [-0.39, 0.29) is 5.91 Å². The molecule has 1 amide bonds. The number of hydrogen-bond donors (Lipinski definition) is 1. The molecule has 2 aromatic heterocycles. The number of piperazine rings is 1. The Bertz CT molecular complexity index is 1400. The predicted molar refractivity (Wildman–Crippen MR) is 155 cm³/mol. The Morgan fingerprint density at radius 2 is 1.59 bits per heavy atom. The van der Waals surface area contributed by atoms with Crippen LogP contribution in [0.2, 0.25) is 0 Å². The molecular formula is C31H36N6O2. The van der Waals surface area contributed by atoms with E-state index in [4.69, 9.17) is 14.8 Å². The number of amides is 1. The summed E-state index contributed by atoms with van der Waals surface area (Å²) in [5.74, 6) is 1.84. The molecule has 1 aliphatic heterocycles. The van der Waals surface area contributed by atoms with Crippen LogP contribution >= 0.6 is 0 Å². The summed E-state index contributed by atoms with van der Waals surface area (Å²) < 4.78 is 5.01. The molecule has 5 rings (SSSR count). The van der Waals surface area contributed by atoms with Gasteiger partial charge in [0.25, 0.3) is 0 Å². The zero-order valence-electron chi connectivity index (χ0n) is 22.9. The Morgan fingerprint density at radius 1 is 0.897 bits per heavy atom. The van der Waals surface area contributed by atoms with Crippen LogP contribution in [-0.2, 0) is 21.5 Å². The van der Waals surface area contributed by atoms with Gasteiger partial charge in [0, 0.05) is 63.1 Å². The van der Waals surface area contributed by atoms with Crippen LogP contribution in [0, 0.1) is 0 Å². The summed E-state index contributed by atoms with van der Waals surface area (Å²) in [6.45, 7) is 7.73. The maximum Gasteiger partial charge on any atom is 0.222 e. The van der Waals surface area contributed by atoms with Crippen molar-refractivity contribution >= 4 is 28.3 Å². The van der Waals surface area contributed by atoms with E-state index < -0.39 is 5.54 Å². The van der Waals surface area contributed by atoms with E-state index in [1.54, 1.807) is 7.11 Å². The lowest BCUT2D eigenvalue weighted by atomic mass is 9.95. The zero-order valence-corrected chi connectivity index (χ0v) is 22.9. The molecule has 0 saturated carbocycles. The number of rotatable bonds is 9. The highest BCUT2D eigenvalue weighted by atomic mass is 16.5. The van der Waals surface area contributed by atoms with Crippen LogP contribution in [0.1, 0.15) is 37.1 Å². The van der Waals surface area contributed by atoms with Crippen LogP contribution in [0.4, 0.5) is 11.6 Å². The molecule has 39 heavy (non-hydrogen) atoms. The molecule has 0 spiro atoms. The molecule has 0 radical (unpaired) electrons. The normalized spacial score (nSPS) is 14.0. The number of carbonyl (C=O) groups is 1. The van der Waals surface area contributed by atoms with Crippen LogP contribution in [0.3, 0.4) is 0 Å². The quantitative estimate of drug-likeness (QED) is 0.349. The molecule has 8 heteroatoms. The topological polar surface area (TPSA) is 83.5 Å². The number of carbonyl (C=O) groups excluding carboxylic acids is 1. The first kappa shape index (κ1) is 26.6. The first-order valence-electron chi connectivity index (χ1n) is 13.5. The number of hydrogen-bond acceptors (Lipinski definition) is 7. The Kier molecular flexibility index (Phi) is 8.02. The van der Waals surface area contributed by atoms with Crippen LogP contribution in [0.5, 0.6) is 0 Å². The number of aromatic nitrogens is 3. The van der Waals surface area contributed by atoms with Gasteiger partial charge in [0.2, 0.25) is 5.91 Å². The number of ether oxygens (including phenoxy) is 1. The Labute approximate surface area is 230 Å². The Hall–Kier alpha value is -4.04. The Balaban J connectivity index is 1.25. The zero-order chi connectivity index (χ0) is 27.2. The fourth-order valence-corrected chi connectivity index (χ4v) is 5.07. The van der Waals surface area contributed by atoms with E-state index in [1.165, 1.54) is 5.56 Å². The summed E-state index contributed by atoms with van der Waals surface area (Å²) in [4.78, 5) is 21.6. The molecule has 8 nitrogen and oxygen atoms in total. The van der Waals surface area contributed by atoms with Crippen molar-refractivity contribution in [1.29, 1.82) is 0 Å². The van der Waals surface area contributed by atoms with Gasteiger partial charge in [-0.15, -0.1) is 5.10 Å². The SMILES string of the molecule is COCCC(=O)NC(C)(C)c1ccc(N2CCN(c3nnc(Cc4ccccc4)c4ccccc34)CC2)nc1. The van der Waals surface area contributed by atoms with Gasteiger partial charge in [0.05, 0.1) is 17.8 Å². The van der Waals surface area contributed by atoms with Crippen LogP contribution in [0.15, 0.2) is 72.9 Å². The number of anilines is 2. The van der Waals surface area contributed by atoms with Crippen molar-refractivity contribution in [1.82, 2.24) is 20.5 Å². The molecule has 3 heterocycles. The van der Waals surface area contributed by atoms with Crippen LogP contribution in [-0.4, -0.2) is 61.0 Å². The van der Waals surface area contributed by atoms with Gasteiger partial charge in [-0.2, -0.15) is 5.10 Å². The first-order chi connectivity index (χ1) is 18.9. The third-order valence-corrected chi connectivity index (χ3v) is 7.32. The summed E-state index contributed by atoms with van der Waals surface area (Å²) in [6.07, 6.45) is 2.96. The lowest BCUT2D eigenvalue weighted by Gasteiger charge is -2.36. The molecule has 0 unspecified atom stereocenters. The summed E-state index contributed by atoms with van der Waals surface area (Å²) in [7, 11) is 1.60. The molecule has 1 fully saturated rings. The summed E-state index contributed by atoms with van der Waals surface area (Å²) in [5.41, 5.74) is 2.68. The highest BCUT2D eigenvalue weighted by Crippen LogP contribution is 2.29. The van der Waals surface area contributed by atoms with Crippen LogP contribution in [0.25, 0.3) is 10.8 Å². The second kappa shape index (κ2) is 11.8.